The lowest BCUT2D eigenvalue weighted by Gasteiger charge is -2.19. The molecule has 2 unspecified atom stereocenters. The Bertz CT molecular complexity index is 389. The second-order valence-corrected chi connectivity index (χ2v) is 3.82. The Morgan fingerprint density at radius 3 is 2.33 bits per heavy atom. The van der Waals surface area contributed by atoms with E-state index in [0.29, 0.717) is 5.56 Å². The molecule has 0 saturated carbocycles. The molecule has 1 rings (SSSR count). The van der Waals surface area contributed by atoms with Gasteiger partial charge in [-0.3, -0.25) is 4.79 Å². The Hall–Kier alpha value is -1.56. The number of alkyl halides is 3. The quantitative estimate of drug-likeness (QED) is 0.887. The minimum atomic E-state index is -4.49. The zero-order chi connectivity index (χ0) is 13.8. The Balaban J connectivity index is 2.69. The number of carboxylic acid groups (broad SMARTS) is 1. The fraction of sp³-hybridized carbons (Fsp3) is 0.417. The van der Waals surface area contributed by atoms with Crippen LogP contribution in [0.4, 0.5) is 13.2 Å². The summed E-state index contributed by atoms with van der Waals surface area (Å²) in [5, 5.41) is 8.98. The summed E-state index contributed by atoms with van der Waals surface area (Å²) in [6, 6.07) is 8.03. The molecular weight excluding hydrogens is 249 g/mol. The van der Waals surface area contributed by atoms with Gasteiger partial charge in [-0.25, -0.2) is 0 Å². The van der Waals surface area contributed by atoms with E-state index in [-0.39, 0.29) is 0 Å². The van der Waals surface area contributed by atoms with Crippen LogP contribution >= 0.6 is 0 Å². The lowest BCUT2D eigenvalue weighted by atomic mass is 10.0. The number of ether oxygens (including phenoxy) is 1. The lowest BCUT2D eigenvalue weighted by molar-refractivity contribution is -0.216. The van der Waals surface area contributed by atoms with Gasteiger partial charge in [0.25, 0.3) is 0 Å². The van der Waals surface area contributed by atoms with Crippen molar-refractivity contribution in [1.29, 1.82) is 0 Å². The Morgan fingerprint density at radius 2 is 1.89 bits per heavy atom. The molecule has 0 saturated heterocycles. The Labute approximate surface area is 102 Å². The van der Waals surface area contributed by atoms with Crippen molar-refractivity contribution in [3.8, 4) is 0 Å². The van der Waals surface area contributed by atoms with E-state index < -0.39 is 30.8 Å². The minimum absolute atomic E-state index is 0.416. The number of hydrogen-bond donors (Lipinski definition) is 1. The summed E-state index contributed by atoms with van der Waals surface area (Å²) in [4.78, 5) is 11.0. The Morgan fingerprint density at radius 1 is 1.33 bits per heavy atom. The molecule has 0 heterocycles. The van der Waals surface area contributed by atoms with Crippen molar-refractivity contribution in [2.75, 3.05) is 6.61 Å². The van der Waals surface area contributed by atoms with E-state index in [0.717, 1.165) is 6.92 Å². The molecule has 0 bridgehead atoms. The summed E-state index contributed by atoms with van der Waals surface area (Å²) in [6.45, 7) is 0.337. The standard InChI is InChI=1S/C12H13F3O3/c1-8(12(13,14)15)18-7-10(11(16)17)9-5-3-2-4-6-9/h2-6,8,10H,7H2,1H3,(H,16,17). The van der Waals surface area contributed by atoms with E-state index in [9.17, 15) is 18.0 Å². The summed E-state index contributed by atoms with van der Waals surface area (Å²) >= 11 is 0. The third-order valence-electron chi connectivity index (χ3n) is 2.47. The van der Waals surface area contributed by atoms with E-state index >= 15 is 0 Å². The van der Waals surface area contributed by atoms with Crippen LogP contribution in [0.5, 0.6) is 0 Å². The number of halogens is 3. The zero-order valence-corrected chi connectivity index (χ0v) is 9.65. The maximum Gasteiger partial charge on any atom is 0.414 e. The first kappa shape index (κ1) is 14.5. The van der Waals surface area contributed by atoms with Gasteiger partial charge in [0, 0.05) is 0 Å². The van der Waals surface area contributed by atoms with Gasteiger partial charge in [-0.05, 0) is 12.5 Å². The average Bonchev–Trinajstić information content (AvgIpc) is 2.28. The highest BCUT2D eigenvalue weighted by molar-refractivity contribution is 5.76. The second kappa shape index (κ2) is 5.86. The molecule has 0 amide bonds. The summed E-state index contributed by atoms with van der Waals surface area (Å²) in [7, 11) is 0. The minimum Gasteiger partial charge on any atom is -0.481 e. The smallest absolute Gasteiger partial charge is 0.414 e. The predicted molar refractivity (Wildman–Crippen MR) is 58.3 cm³/mol. The molecule has 0 radical (unpaired) electrons. The number of benzene rings is 1. The van der Waals surface area contributed by atoms with Gasteiger partial charge in [0.1, 0.15) is 5.92 Å². The third-order valence-corrected chi connectivity index (χ3v) is 2.47. The zero-order valence-electron chi connectivity index (χ0n) is 9.65. The molecule has 1 aromatic carbocycles. The van der Waals surface area contributed by atoms with Gasteiger partial charge in [0.15, 0.2) is 6.10 Å². The monoisotopic (exact) mass is 262 g/mol. The van der Waals surface area contributed by atoms with Crippen molar-refractivity contribution in [2.45, 2.75) is 25.1 Å². The molecule has 18 heavy (non-hydrogen) atoms. The summed E-state index contributed by atoms with van der Waals surface area (Å²) in [5.74, 6) is -2.31. The highest BCUT2D eigenvalue weighted by Crippen LogP contribution is 2.24. The van der Waals surface area contributed by atoms with Crippen molar-refractivity contribution in [1.82, 2.24) is 0 Å². The highest BCUT2D eigenvalue weighted by Gasteiger charge is 2.37. The predicted octanol–water partition coefficient (Wildman–Crippen LogP) is 2.82. The van der Waals surface area contributed by atoms with Crippen molar-refractivity contribution >= 4 is 5.97 Å². The van der Waals surface area contributed by atoms with E-state index in [1.807, 2.05) is 0 Å². The van der Waals surface area contributed by atoms with Gasteiger partial charge < -0.3 is 9.84 Å². The number of hydrogen-bond acceptors (Lipinski definition) is 2. The molecule has 6 heteroatoms. The van der Waals surface area contributed by atoms with Crippen LogP contribution in [0.2, 0.25) is 0 Å². The van der Waals surface area contributed by atoms with E-state index in [2.05, 4.69) is 4.74 Å². The van der Waals surface area contributed by atoms with Crippen LogP contribution in [0.25, 0.3) is 0 Å². The van der Waals surface area contributed by atoms with Crippen LogP contribution in [0, 0.1) is 0 Å². The van der Waals surface area contributed by atoms with Crippen molar-refractivity contribution in [3.63, 3.8) is 0 Å². The molecule has 3 nitrogen and oxygen atoms in total. The molecular formula is C12H13F3O3. The number of rotatable bonds is 5. The Kier molecular flexibility index (Phi) is 4.72. The van der Waals surface area contributed by atoms with Gasteiger partial charge in [0.05, 0.1) is 6.61 Å². The van der Waals surface area contributed by atoms with Gasteiger partial charge in [0.2, 0.25) is 0 Å². The summed E-state index contributed by atoms with van der Waals surface area (Å²) in [6.07, 6.45) is -6.47. The molecule has 2 atom stereocenters. The van der Waals surface area contributed by atoms with E-state index in [1.54, 1.807) is 30.3 Å². The summed E-state index contributed by atoms with van der Waals surface area (Å²) < 4.78 is 41.3. The first-order valence-electron chi connectivity index (χ1n) is 5.28. The van der Waals surface area contributed by atoms with Gasteiger partial charge >= 0.3 is 12.1 Å². The molecule has 0 aliphatic rings. The van der Waals surface area contributed by atoms with Crippen molar-refractivity contribution in [2.24, 2.45) is 0 Å². The molecule has 0 spiro atoms. The van der Waals surface area contributed by atoms with E-state index in [1.165, 1.54) is 0 Å². The number of aliphatic carboxylic acids is 1. The summed E-state index contributed by atoms with van der Waals surface area (Å²) in [5.41, 5.74) is 0.416. The third kappa shape index (κ3) is 4.03. The van der Waals surface area contributed by atoms with Crippen LogP contribution < -0.4 is 0 Å². The normalized spacial score (nSPS) is 15.1. The lowest BCUT2D eigenvalue weighted by Crippen LogP contribution is -2.31. The van der Waals surface area contributed by atoms with E-state index in [4.69, 9.17) is 5.11 Å². The molecule has 100 valence electrons. The second-order valence-electron chi connectivity index (χ2n) is 3.82. The number of carboxylic acids is 1. The first-order valence-corrected chi connectivity index (χ1v) is 5.28. The number of carbonyl (C=O) groups is 1. The van der Waals surface area contributed by atoms with Crippen molar-refractivity contribution < 1.29 is 27.8 Å². The fourth-order valence-corrected chi connectivity index (χ4v) is 1.33. The molecule has 0 aliphatic heterocycles. The highest BCUT2D eigenvalue weighted by atomic mass is 19.4. The van der Waals surface area contributed by atoms with Crippen LogP contribution in [0.15, 0.2) is 30.3 Å². The van der Waals surface area contributed by atoms with Gasteiger partial charge in [-0.1, -0.05) is 30.3 Å². The molecule has 0 aromatic heterocycles. The topological polar surface area (TPSA) is 46.5 Å². The SMILES string of the molecule is CC(OCC(C(=O)O)c1ccccc1)C(F)(F)F. The van der Waals surface area contributed by atoms with Crippen LogP contribution in [0.1, 0.15) is 18.4 Å². The van der Waals surface area contributed by atoms with Crippen molar-refractivity contribution in [3.05, 3.63) is 35.9 Å². The maximum atomic E-state index is 12.2. The fourth-order valence-electron chi connectivity index (χ4n) is 1.33. The maximum absolute atomic E-state index is 12.2. The van der Waals surface area contributed by atoms with Gasteiger partial charge in [-0.2, -0.15) is 13.2 Å². The average molecular weight is 262 g/mol. The molecule has 1 aromatic rings. The molecule has 1 N–H and O–H groups in total. The first-order chi connectivity index (χ1) is 8.32. The molecule has 0 aliphatic carbocycles. The van der Waals surface area contributed by atoms with Gasteiger partial charge in [-0.15, -0.1) is 0 Å². The molecule has 0 fully saturated rings. The van der Waals surface area contributed by atoms with Crippen LogP contribution in [-0.2, 0) is 9.53 Å². The van der Waals surface area contributed by atoms with Crippen LogP contribution in [-0.4, -0.2) is 30.0 Å². The van der Waals surface area contributed by atoms with Crippen LogP contribution in [0.3, 0.4) is 0 Å². The largest absolute Gasteiger partial charge is 0.481 e.